The molecule has 46 valence electrons. The fourth-order valence-electron chi connectivity index (χ4n) is 0. The van der Waals surface area contributed by atoms with Gasteiger partial charge >= 0.3 is 115 Å². The maximum atomic E-state index is 9.10. The summed E-state index contributed by atoms with van der Waals surface area (Å²) in [6, 6.07) is 0. The van der Waals surface area contributed by atoms with Crippen LogP contribution in [0.3, 0.4) is 0 Å². The summed E-state index contributed by atoms with van der Waals surface area (Å²) in [7, 11) is 0. The molecule has 0 bridgehead atoms. The molecule has 4 N–H and O–H groups in total. The Morgan fingerprint density at radius 1 is 0.889 bits per heavy atom. The van der Waals surface area contributed by atoms with Crippen molar-refractivity contribution < 1.29 is 25.3 Å². The Hall–Kier alpha value is 2.17. The van der Waals surface area contributed by atoms with Crippen molar-refractivity contribution in [2.45, 2.75) is 0 Å². The SMILES string of the molecule is O.O=C(O)C(=O)O.[KH].[KH]. The molecule has 0 rings (SSSR count). The summed E-state index contributed by atoms with van der Waals surface area (Å²) in [4.78, 5) is 18.2. The van der Waals surface area contributed by atoms with Crippen molar-refractivity contribution in [2.24, 2.45) is 0 Å². The van der Waals surface area contributed by atoms with Gasteiger partial charge in [-0.15, -0.1) is 0 Å². The van der Waals surface area contributed by atoms with Crippen LogP contribution in [0.5, 0.6) is 0 Å². The van der Waals surface area contributed by atoms with Crippen molar-refractivity contribution in [1.29, 1.82) is 0 Å². The van der Waals surface area contributed by atoms with Crippen LogP contribution in [-0.2, 0) is 9.59 Å². The number of hydrogen-bond donors (Lipinski definition) is 2. The first-order chi connectivity index (χ1) is 2.64. The fraction of sp³-hybridized carbons (Fsp3) is 0. The molecule has 0 aliphatic carbocycles. The first-order valence-electron chi connectivity index (χ1n) is 1.11. The van der Waals surface area contributed by atoms with Gasteiger partial charge in [-0.25, -0.2) is 9.59 Å². The third kappa shape index (κ3) is 17.8. The van der Waals surface area contributed by atoms with Crippen LogP contribution in [0.1, 0.15) is 0 Å². The molecule has 0 unspecified atom stereocenters. The van der Waals surface area contributed by atoms with Gasteiger partial charge in [-0.05, 0) is 0 Å². The van der Waals surface area contributed by atoms with Gasteiger partial charge in [0.2, 0.25) is 0 Å². The monoisotopic (exact) mass is 188 g/mol. The zero-order valence-electron chi connectivity index (χ0n) is 3.21. The van der Waals surface area contributed by atoms with E-state index in [9.17, 15) is 0 Å². The van der Waals surface area contributed by atoms with E-state index < -0.39 is 11.9 Å². The summed E-state index contributed by atoms with van der Waals surface area (Å²) >= 11 is 0. The molecule has 0 aliphatic heterocycles. The molecule has 0 radical (unpaired) electrons. The molecule has 0 fully saturated rings. The van der Waals surface area contributed by atoms with Gasteiger partial charge in [-0.3, -0.25) is 0 Å². The third-order valence-corrected chi connectivity index (χ3v) is 0.183. The molecule has 5 nitrogen and oxygen atoms in total. The minimum atomic E-state index is -1.82. The summed E-state index contributed by atoms with van der Waals surface area (Å²) in [5, 5.41) is 14.8. The molecular weight excluding hydrogens is 182 g/mol. The van der Waals surface area contributed by atoms with Crippen molar-refractivity contribution in [3.63, 3.8) is 0 Å². The molecular formula is C2H6K2O5. The second-order valence-corrected chi connectivity index (χ2v) is 0.610. The van der Waals surface area contributed by atoms with E-state index >= 15 is 0 Å². The Kier molecular flexibility index (Phi) is 32.0. The molecule has 9 heavy (non-hydrogen) atoms. The van der Waals surface area contributed by atoms with E-state index in [2.05, 4.69) is 0 Å². The van der Waals surface area contributed by atoms with Crippen molar-refractivity contribution >= 4 is 115 Å². The van der Waals surface area contributed by atoms with Crippen LogP contribution in [0.4, 0.5) is 0 Å². The Labute approximate surface area is 136 Å². The summed E-state index contributed by atoms with van der Waals surface area (Å²) in [5.41, 5.74) is 0. The molecule has 0 saturated heterocycles. The standard InChI is InChI=1S/C2H2O4.2K.H2O.2H/c3-1(4)2(5)6;;;;;/h(H,3,4)(H,5,6);;;1H2;;. The Balaban J connectivity index is -0.0000000417. The normalized spacial score (nSPS) is 4.89. The predicted molar refractivity (Wildman–Crippen MR) is 33.2 cm³/mol. The third-order valence-electron chi connectivity index (χ3n) is 0.183. The van der Waals surface area contributed by atoms with Gasteiger partial charge in [0, 0.05) is 0 Å². The zero-order chi connectivity index (χ0) is 5.15. The first kappa shape index (κ1) is 22.5. The van der Waals surface area contributed by atoms with Gasteiger partial charge in [-0.1, -0.05) is 0 Å². The number of aliphatic carboxylic acids is 2. The molecule has 0 amide bonds. The molecule has 0 heterocycles. The second-order valence-electron chi connectivity index (χ2n) is 0.610. The van der Waals surface area contributed by atoms with E-state index in [-0.39, 0.29) is 108 Å². The van der Waals surface area contributed by atoms with Crippen molar-refractivity contribution in [2.75, 3.05) is 0 Å². The van der Waals surface area contributed by atoms with Crippen LogP contribution >= 0.6 is 0 Å². The Morgan fingerprint density at radius 2 is 1.00 bits per heavy atom. The van der Waals surface area contributed by atoms with Gasteiger partial charge in [0.25, 0.3) is 0 Å². The van der Waals surface area contributed by atoms with Crippen molar-refractivity contribution in [3.05, 3.63) is 0 Å². The summed E-state index contributed by atoms with van der Waals surface area (Å²) < 4.78 is 0. The number of carbonyl (C=O) groups is 2. The van der Waals surface area contributed by atoms with Gasteiger partial charge < -0.3 is 15.7 Å². The molecule has 0 saturated carbocycles. The Bertz CT molecular complexity index is 79.0. The van der Waals surface area contributed by atoms with E-state index in [1.807, 2.05) is 0 Å². The predicted octanol–water partition coefficient (Wildman–Crippen LogP) is -2.97. The van der Waals surface area contributed by atoms with Gasteiger partial charge in [0.15, 0.2) is 0 Å². The van der Waals surface area contributed by atoms with Crippen LogP contribution < -0.4 is 0 Å². The molecule has 0 aromatic carbocycles. The van der Waals surface area contributed by atoms with Crippen LogP contribution in [0.25, 0.3) is 0 Å². The van der Waals surface area contributed by atoms with E-state index in [0.717, 1.165) is 0 Å². The molecule has 0 aromatic rings. The number of hydrogen-bond acceptors (Lipinski definition) is 2. The van der Waals surface area contributed by atoms with Crippen molar-refractivity contribution in [3.8, 4) is 0 Å². The fourth-order valence-corrected chi connectivity index (χ4v) is 0. The average molecular weight is 188 g/mol. The molecule has 7 heteroatoms. The molecule has 0 aromatic heterocycles. The second kappa shape index (κ2) is 12.8. The summed E-state index contributed by atoms with van der Waals surface area (Å²) in [6.07, 6.45) is 0. The van der Waals surface area contributed by atoms with Crippen LogP contribution in [0, 0.1) is 0 Å². The van der Waals surface area contributed by atoms with Gasteiger partial charge in [-0.2, -0.15) is 0 Å². The summed E-state index contributed by atoms with van der Waals surface area (Å²) in [6.45, 7) is 0. The van der Waals surface area contributed by atoms with Crippen molar-refractivity contribution in [1.82, 2.24) is 0 Å². The number of rotatable bonds is 0. The van der Waals surface area contributed by atoms with E-state index in [0.29, 0.717) is 0 Å². The zero-order valence-corrected chi connectivity index (χ0v) is 3.21. The maximum absolute atomic E-state index is 9.10. The Morgan fingerprint density at radius 3 is 1.00 bits per heavy atom. The van der Waals surface area contributed by atoms with Crippen LogP contribution in [0.15, 0.2) is 0 Å². The number of carboxylic acids is 2. The van der Waals surface area contributed by atoms with E-state index in [1.165, 1.54) is 0 Å². The average Bonchev–Trinajstić information content (AvgIpc) is 1.36. The van der Waals surface area contributed by atoms with Gasteiger partial charge in [0.1, 0.15) is 0 Å². The number of carboxylic acid groups (broad SMARTS) is 2. The minimum absolute atomic E-state index is 0. The molecule has 0 atom stereocenters. The quantitative estimate of drug-likeness (QED) is 0.313. The van der Waals surface area contributed by atoms with E-state index in [1.54, 1.807) is 0 Å². The van der Waals surface area contributed by atoms with Crippen LogP contribution in [0.2, 0.25) is 0 Å². The summed E-state index contributed by atoms with van der Waals surface area (Å²) in [5.74, 6) is -3.65. The molecule has 0 spiro atoms. The first-order valence-corrected chi connectivity index (χ1v) is 1.11. The van der Waals surface area contributed by atoms with E-state index in [4.69, 9.17) is 19.8 Å². The van der Waals surface area contributed by atoms with Gasteiger partial charge in [0.05, 0.1) is 0 Å². The molecule has 0 aliphatic rings. The topological polar surface area (TPSA) is 106 Å². The van der Waals surface area contributed by atoms with Crippen LogP contribution in [-0.4, -0.2) is 130 Å².